The Morgan fingerprint density at radius 3 is 2.50 bits per heavy atom. The van der Waals surface area contributed by atoms with Gasteiger partial charge in [-0.1, -0.05) is 0 Å². The fraction of sp³-hybridized carbons (Fsp3) is 1.00. The summed E-state index contributed by atoms with van der Waals surface area (Å²) < 4.78 is 5.91. The summed E-state index contributed by atoms with van der Waals surface area (Å²) in [6, 6.07) is 0.642. The number of rotatable bonds is 6. The van der Waals surface area contributed by atoms with Gasteiger partial charge in [0.25, 0.3) is 0 Å². The van der Waals surface area contributed by atoms with Gasteiger partial charge in [-0.2, -0.15) is 0 Å². The van der Waals surface area contributed by atoms with Crippen LogP contribution < -0.4 is 0 Å². The smallest absolute Gasteiger partial charge is 0.0599 e. The highest BCUT2D eigenvalue weighted by Gasteiger charge is 2.16. The fourth-order valence-electron chi connectivity index (χ4n) is 1.97. The normalized spacial score (nSPS) is 19.9. The molecule has 16 heavy (non-hydrogen) atoms. The lowest BCUT2D eigenvalue weighted by molar-refractivity contribution is 0.00856. The minimum atomic E-state index is 0.514. The number of ether oxygens (including phenoxy) is 1. The van der Waals surface area contributed by atoms with Gasteiger partial charge in [0.15, 0.2) is 0 Å². The highest BCUT2D eigenvalue weighted by molar-refractivity contribution is 4.69. The minimum absolute atomic E-state index is 0.514. The second-order valence-corrected chi connectivity index (χ2v) is 5.30. The van der Waals surface area contributed by atoms with Crippen LogP contribution in [-0.4, -0.2) is 62.3 Å². The van der Waals surface area contributed by atoms with E-state index in [-0.39, 0.29) is 0 Å². The van der Waals surface area contributed by atoms with Crippen LogP contribution in [0.25, 0.3) is 0 Å². The average Bonchev–Trinajstić information content (AvgIpc) is 2.26. The Hall–Kier alpha value is -0.120. The van der Waals surface area contributed by atoms with Crippen molar-refractivity contribution >= 4 is 0 Å². The third-order valence-electron chi connectivity index (χ3n) is 3.56. The molecule has 0 aliphatic carbocycles. The lowest BCUT2D eigenvalue weighted by Gasteiger charge is -2.29. The van der Waals surface area contributed by atoms with Crippen molar-refractivity contribution in [2.45, 2.75) is 45.3 Å². The summed E-state index contributed by atoms with van der Waals surface area (Å²) in [5.41, 5.74) is 0. The van der Waals surface area contributed by atoms with Crippen LogP contribution in [0, 0.1) is 0 Å². The van der Waals surface area contributed by atoms with E-state index < -0.39 is 0 Å². The molecule has 0 N–H and O–H groups in total. The van der Waals surface area contributed by atoms with Gasteiger partial charge < -0.3 is 14.5 Å². The molecule has 1 fully saturated rings. The summed E-state index contributed by atoms with van der Waals surface area (Å²) in [5, 5.41) is 0. The van der Waals surface area contributed by atoms with E-state index in [0.29, 0.717) is 12.1 Å². The molecule has 0 aromatic heterocycles. The van der Waals surface area contributed by atoms with Crippen molar-refractivity contribution in [2.24, 2.45) is 0 Å². The third-order valence-corrected chi connectivity index (χ3v) is 3.56. The third kappa shape index (κ3) is 5.28. The first-order valence-electron chi connectivity index (χ1n) is 6.60. The van der Waals surface area contributed by atoms with E-state index in [2.05, 4.69) is 37.7 Å². The SMILES string of the molecule is CC(C)N(C)CCCOC1CCN(C)CC1. The van der Waals surface area contributed by atoms with Gasteiger partial charge in [-0.15, -0.1) is 0 Å². The Balaban J connectivity index is 1.99. The minimum Gasteiger partial charge on any atom is -0.378 e. The number of hydrogen-bond donors (Lipinski definition) is 0. The van der Waals surface area contributed by atoms with Crippen LogP contribution in [-0.2, 0) is 4.74 Å². The van der Waals surface area contributed by atoms with Gasteiger partial charge in [0.05, 0.1) is 6.10 Å². The van der Waals surface area contributed by atoms with Crippen molar-refractivity contribution in [1.29, 1.82) is 0 Å². The maximum atomic E-state index is 5.91. The van der Waals surface area contributed by atoms with Crippen LogP contribution in [0.2, 0.25) is 0 Å². The average molecular weight is 228 g/mol. The van der Waals surface area contributed by atoms with E-state index >= 15 is 0 Å². The first-order valence-corrected chi connectivity index (χ1v) is 6.60. The zero-order valence-electron chi connectivity index (χ0n) is 11.4. The van der Waals surface area contributed by atoms with Gasteiger partial charge in [-0.3, -0.25) is 0 Å². The molecule has 3 nitrogen and oxygen atoms in total. The molecule has 0 aromatic rings. The zero-order chi connectivity index (χ0) is 12.0. The number of nitrogens with zero attached hydrogens (tertiary/aromatic N) is 2. The summed E-state index contributed by atoms with van der Waals surface area (Å²) >= 11 is 0. The summed E-state index contributed by atoms with van der Waals surface area (Å²) in [6.45, 7) is 8.92. The van der Waals surface area contributed by atoms with Crippen molar-refractivity contribution < 1.29 is 4.74 Å². The van der Waals surface area contributed by atoms with Gasteiger partial charge >= 0.3 is 0 Å². The molecule has 1 rings (SSSR count). The molecule has 1 saturated heterocycles. The van der Waals surface area contributed by atoms with E-state index in [1.807, 2.05) is 0 Å². The highest BCUT2D eigenvalue weighted by atomic mass is 16.5. The molecule has 0 atom stereocenters. The standard InChI is InChI=1S/C13H28N2O/c1-12(2)15(4)8-5-11-16-13-6-9-14(3)10-7-13/h12-13H,5-11H2,1-4H3. The Morgan fingerprint density at radius 2 is 1.94 bits per heavy atom. The number of hydrogen-bond acceptors (Lipinski definition) is 3. The lowest BCUT2D eigenvalue weighted by Crippen LogP contribution is -2.34. The Labute approximate surface area is 101 Å². The number of piperidine rings is 1. The molecule has 0 aromatic carbocycles. The second kappa shape index (κ2) is 7.25. The van der Waals surface area contributed by atoms with E-state index in [1.165, 1.54) is 25.9 Å². The molecule has 0 amide bonds. The zero-order valence-corrected chi connectivity index (χ0v) is 11.4. The van der Waals surface area contributed by atoms with Crippen LogP contribution in [0.15, 0.2) is 0 Å². The summed E-state index contributed by atoms with van der Waals surface area (Å²) in [5.74, 6) is 0. The summed E-state index contributed by atoms with van der Waals surface area (Å²) in [4.78, 5) is 4.75. The quantitative estimate of drug-likeness (QED) is 0.645. The molecule has 1 aliphatic heterocycles. The monoisotopic (exact) mass is 228 g/mol. The van der Waals surface area contributed by atoms with Gasteiger partial charge in [0, 0.05) is 32.3 Å². The van der Waals surface area contributed by atoms with E-state index in [4.69, 9.17) is 4.74 Å². The van der Waals surface area contributed by atoms with Crippen molar-refractivity contribution in [1.82, 2.24) is 9.80 Å². The molecule has 1 heterocycles. The molecule has 3 heteroatoms. The molecule has 0 spiro atoms. The molecule has 1 aliphatic rings. The Morgan fingerprint density at radius 1 is 1.31 bits per heavy atom. The molecule has 0 radical (unpaired) electrons. The van der Waals surface area contributed by atoms with Crippen molar-refractivity contribution in [2.75, 3.05) is 40.3 Å². The largest absolute Gasteiger partial charge is 0.378 e. The molecule has 96 valence electrons. The number of likely N-dealkylation sites (tertiary alicyclic amines) is 1. The van der Waals surface area contributed by atoms with Crippen LogP contribution in [0.3, 0.4) is 0 Å². The molecule has 0 saturated carbocycles. The van der Waals surface area contributed by atoms with Crippen LogP contribution >= 0.6 is 0 Å². The van der Waals surface area contributed by atoms with Crippen LogP contribution in [0.4, 0.5) is 0 Å². The van der Waals surface area contributed by atoms with E-state index in [0.717, 1.165) is 19.6 Å². The van der Waals surface area contributed by atoms with Crippen LogP contribution in [0.1, 0.15) is 33.1 Å². The lowest BCUT2D eigenvalue weighted by atomic mass is 10.1. The molecular formula is C13H28N2O. The summed E-state index contributed by atoms with van der Waals surface area (Å²) in [7, 11) is 4.37. The molecular weight excluding hydrogens is 200 g/mol. The molecule has 0 bridgehead atoms. The van der Waals surface area contributed by atoms with Gasteiger partial charge in [-0.05, 0) is 47.2 Å². The van der Waals surface area contributed by atoms with E-state index in [9.17, 15) is 0 Å². The Kier molecular flexibility index (Phi) is 6.32. The first-order chi connectivity index (χ1) is 7.59. The molecule has 0 unspecified atom stereocenters. The predicted molar refractivity (Wildman–Crippen MR) is 68.9 cm³/mol. The van der Waals surface area contributed by atoms with Crippen LogP contribution in [0.5, 0.6) is 0 Å². The summed E-state index contributed by atoms with van der Waals surface area (Å²) in [6.07, 6.45) is 4.08. The highest BCUT2D eigenvalue weighted by Crippen LogP contribution is 2.12. The van der Waals surface area contributed by atoms with Gasteiger partial charge in [0.1, 0.15) is 0 Å². The first kappa shape index (κ1) is 13.9. The fourth-order valence-corrected chi connectivity index (χ4v) is 1.97. The van der Waals surface area contributed by atoms with Crippen molar-refractivity contribution in [3.05, 3.63) is 0 Å². The Bertz CT molecular complexity index is 177. The van der Waals surface area contributed by atoms with E-state index in [1.54, 1.807) is 0 Å². The van der Waals surface area contributed by atoms with Crippen molar-refractivity contribution in [3.63, 3.8) is 0 Å². The topological polar surface area (TPSA) is 15.7 Å². The maximum absolute atomic E-state index is 5.91. The predicted octanol–water partition coefficient (Wildman–Crippen LogP) is 1.83. The van der Waals surface area contributed by atoms with Gasteiger partial charge in [-0.25, -0.2) is 0 Å². The second-order valence-electron chi connectivity index (χ2n) is 5.30. The maximum Gasteiger partial charge on any atom is 0.0599 e. The van der Waals surface area contributed by atoms with Gasteiger partial charge in [0.2, 0.25) is 0 Å². The van der Waals surface area contributed by atoms with Crippen molar-refractivity contribution in [3.8, 4) is 0 Å².